The number of Topliss-reactive ketones (excluding diaryl/α,β-unsaturated/α-hetero) is 1. The first-order chi connectivity index (χ1) is 8.23. The number of carbonyl (C=O) groups excluding carboxylic acids is 3. The molecule has 0 aromatic heterocycles. The summed E-state index contributed by atoms with van der Waals surface area (Å²) in [6.45, 7) is 1.24. The summed E-state index contributed by atoms with van der Waals surface area (Å²) in [4.78, 5) is 33.0. The van der Waals surface area contributed by atoms with E-state index in [1.54, 1.807) is 0 Å². The second kappa shape index (κ2) is 6.97. The van der Waals surface area contributed by atoms with Crippen LogP contribution >= 0.6 is 0 Å². The number of ketones is 1. The van der Waals surface area contributed by atoms with E-state index in [0.717, 1.165) is 7.11 Å². The lowest BCUT2D eigenvalue weighted by Gasteiger charge is -2.15. The molecule has 0 bridgehead atoms. The van der Waals surface area contributed by atoms with Gasteiger partial charge in [-0.15, -0.1) is 0 Å². The highest BCUT2D eigenvalue weighted by Crippen LogP contribution is 2.24. The molecular weight excluding hydrogens is 257 g/mol. The molecule has 0 aromatic rings. The van der Waals surface area contributed by atoms with Crippen molar-refractivity contribution in [2.45, 2.75) is 25.9 Å². The standard InChI is InChI=1S/C10H13F3O5/c1-3-18-9(16)6(4-5-7(14)17-2)8(15)10(11,12)13/h6H,3-5H2,1-2H3. The normalized spacial score (nSPS) is 12.7. The fourth-order valence-corrected chi connectivity index (χ4v) is 1.16. The van der Waals surface area contributed by atoms with Gasteiger partial charge < -0.3 is 9.47 Å². The van der Waals surface area contributed by atoms with Gasteiger partial charge in [-0.3, -0.25) is 14.4 Å². The van der Waals surface area contributed by atoms with Crippen LogP contribution in [-0.4, -0.2) is 37.6 Å². The second-order valence-corrected chi connectivity index (χ2v) is 3.28. The lowest BCUT2D eigenvalue weighted by Crippen LogP contribution is -2.36. The van der Waals surface area contributed by atoms with Gasteiger partial charge in [-0.05, 0) is 13.3 Å². The molecule has 0 N–H and O–H groups in total. The largest absolute Gasteiger partial charge is 0.469 e. The summed E-state index contributed by atoms with van der Waals surface area (Å²) < 4.78 is 45.3. The first kappa shape index (κ1) is 16.4. The van der Waals surface area contributed by atoms with E-state index in [-0.39, 0.29) is 6.61 Å². The molecule has 0 aliphatic heterocycles. The van der Waals surface area contributed by atoms with Crippen molar-refractivity contribution < 1.29 is 37.0 Å². The lowest BCUT2D eigenvalue weighted by atomic mass is 9.98. The maximum absolute atomic E-state index is 12.2. The summed E-state index contributed by atoms with van der Waals surface area (Å²) in [6.07, 6.45) is -6.21. The molecule has 1 unspecified atom stereocenters. The summed E-state index contributed by atoms with van der Waals surface area (Å²) in [6, 6.07) is 0. The number of halogens is 3. The predicted octanol–water partition coefficient (Wildman–Crippen LogP) is 1.25. The molecule has 0 radical (unpaired) electrons. The van der Waals surface area contributed by atoms with Crippen LogP contribution in [0.15, 0.2) is 0 Å². The summed E-state index contributed by atoms with van der Waals surface area (Å²) in [7, 11) is 1.05. The third-order valence-electron chi connectivity index (χ3n) is 2.03. The van der Waals surface area contributed by atoms with E-state index in [1.165, 1.54) is 6.92 Å². The molecule has 0 saturated heterocycles. The Labute approximate surface area is 101 Å². The van der Waals surface area contributed by atoms with Crippen LogP contribution in [0.5, 0.6) is 0 Å². The van der Waals surface area contributed by atoms with Crippen molar-refractivity contribution in [1.29, 1.82) is 0 Å². The minimum Gasteiger partial charge on any atom is -0.469 e. The summed E-state index contributed by atoms with van der Waals surface area (Å²) in [5.74, 6) is -6.34. The van der Waals surface area contributed by atoms with E-state index in [2.05, 4.69) is 9.47 Å². The van der Waals surface area contributed by atoms with Crippen LogP contribution in [0, 0.1) is 5.92 Å². The van der Waals surface area contributed by atoms with Gasteiger partial charge in [-0.1, -0.05) is 0 Å². The molecule has 0 saturated carbocycles. The minimum absolute atomic E-state index is 0.154. The van der Waals surface area contributed by atoms with Gasteiger partial charge in [0.1, 0.15) is 5.92 Å². The van der Waals surface area contributed by atoms with Crippen LogP contribution in [-0.2, 0) is 23.9 Å². The first-order valence-corrected chi connectivity index (χ1v) is 5.08. The molecule has 1 atom stereocenters. The Bertz CT molecular complexity index is 324. The van der Waals surface area contributed by atoms with Crippen molar-refractivity contribution in [3.63, 3.8) is 0 Å². The molecule has 104 valence electrons. The van der Waals surface area contributed by atoms with Crippen LogP contribution in [0.1, 0.15) is 19.8 Å². The zero-order valence-corrected chi connectivity index (χ0v) is 9.87. The average Bonchev–Trinajstić information content (AvgIpc) is 2.27. The van der Waals surface area contributed by atoms with Crippen LogP contribution in [0.4, 0.5) is 13.2 Å². The Hall–Kier alpha value is -1.60. The van der Waals surface area contributed by atoms with Gasteiger partial charge in [0.05, 0.1) is 13.7 Å². The Morgan fingerprint density at radius 1 is 1.22 bits per heavy atom. The molecule has 0 amide bonds. The van der Waals surface area contributed by atoms with E-state index in [0.29, 0.717) is 0 Å². The van der Waals surface area contributed by atoms with E-state index in [4.69, 9.17) is 0 Å². The topological polar surface area (TPSA) is 69.7 Å². The quantitative estimate of drug-likeness (QED) is 0.536. The summed E-state index contributed by atoms with van der Waals surface area (Å²) in [5.41, 5.74) is 0. The molecule has 0 aliphatic carbocycles. The Balaban J connectivity index is 4.78. The maximum Gasteiger partial charge on any atom is 0.450 e. The number of hydrogen-bond donors (Lipinski definition) is 0. The number of alkyl halides is 3. The third-order valence-corrected chi connectivity index (χ3v) is 2.03. The van der Waals surface area contributed by atoms with Crippen LogP contribution < -0.4 is 0 Å². The van der Waals surface area contributed by atoms with E-state index >= 15 is 0 Å². The number of ether oxygens (including phenoxy) is 2. The van der Waals surface area contributed by atoms with Gasteiger partial charge in [0.15, 0.2) is 0 Å². The van der Waals surface area contributed by atoms with Crippen molar-refractivity contribution in [2.24, 2.45) is 5.92 Å². The van der Waals surface area contributed by atoms with Crippen molar-refractivity contribution in [3.8, 4) is 0 Å². The molecule has 0 aromatic carbocycles. The Morgan fingerprint density at radius 3 is 2.17 bits per heavy atom. The number of rotatable bonds is 6. The van der Waals surface area contributed by atoms with Gasteiger partial charge in [0, 0.05) is 6.42 Å². The van der Waals surface area contributed by atoms with Crippen LogP contribution in [0.25, 0.3) is 0 Å². The van der Waals surface area contributed by atoms with E-state index < -0.39 is 42.7 Å². The molecule has 0 fully saturated rings. The number of carbonyl (C=O) groups is 3. The van der Waals surface area contributed by atoms with Crippen molar-refractivity contribution >= 4 is 17.7 Å². The van der Waals surface area contributed by atoms with Gasteiger partial charge in [-0.2, -0.15) is 13.2 Å². The van der Waals surface area contributed by atoms with Gasteiger partial charge in [0.2, 0.25) is 5.78 Å². The molecule has 18 heavy (non-hydrogen) atoms. The number of hydrogen-bond acceptors (Lipinski definition) is 5. The monoisotopic (exact) mass is 270 g/mol. The second-order valence-electron chi connectivity index (χ2n) is 3.28. The molecule has 0 heterocycles. The van der Waals surface area contributed by atoms with Crippen molar-refractivity contribution in [1.82, 2.24) is 0 Å². The van der Waals surface area contributed by atoms with Gasteiger partial charge >= 0.3 is 18.1 Å². The Morgan fingerprint density at radius 2 is 1.78 bits per heavy atom. The van der Waals surface area contributed by atoms with Crippen LogP contribution in [0.2, 0.25) is 0 Å². The number of esters is 2. The highest BCUT2D eigenvalue weighted by atomic mass is 19.4. The van der Waals surface area contributed by atoms with Crippen molar-refractivity contribution in [3.05, 3.63) is 0 Å². The summed E-state index contributed by atoms with van der Waals surface area (Å²) in [5, 5.41) is 0. The molecule has 8 heteroatoms. The Kier molecular flexibility index (Phi) is 6.35. The predicted molar refractivity (Wildman–Crippen MR) is 52.4 cm³/mol. The molecule has 0 aliphatic rings. The highest BCUT2D eigenvalue weighted by Gasteiger charge is 2.46. The van der Waals surface area contributed by atoms with Gasteiger partial charge in [0.25, 0.3) is 0 Å². The van der Waals surface area contributed by atoms with Crippen LogP contribution in [0.3, 0.4) is 0 Å². The smallest absolute Gasteiger partial charge is 0.450 e. The van der Waals surface area contributed by atoms with Gasteiger partial charge in [-0.25, -0.2) is 0 Å². The lowest BCUT2D eigenvalue weighted by molar-refractivity contribution is -0.181. The molecule has 0 rings (SSSR count). The average molecular weight is 270 g/mol. The summed E-state index contributed by atoms with van der Waals surface area (Å²) >= 11 is 0. The zero-order chi connectivity index (χ0) is 14.3. The fourth-order valence-electron chi connectivity index (χ4n) is 1.16. The zero-order valence-electron chi connectivity index (χ0n) is 9.87. The van der Waals surface area contributed by atoms with E-state index in [9.17, 15) is 27.6 Å². The van der Waals surface area contributed by atoms with E-state index in [1.807, 2.05) is 0 Å². The SMILES string of the molecule is CCOC(=O)C(CCC(=O)OC)C(=O)C(F)(F)F. The maximum atomic E-state index is 12.2. The minimum atomic E-state index is -5.15. The molecular formula is C10H13F3O5. The fraction of sp³-hybridized carbons (Fsp3) is 0.700. The van der Waals surface area contributed by atoms with Crippen molar-refractivity contribution in [2.75, 3.05) is 13.7 Å². The molecule has 5 nitrogen and oxygen atoms in total. The highest BCUT2D eigenvalue weighted by molar-refractivity contribution is 6.02. The first-order valence-electron chi connectivity index (χ1n) is 5.08. The molecule has 0 spiro atoms. The third kappa shape index (κ3) is 5.15. The number of methoxy groups -OCH3 is 1.